The number of non-ortho nitro benzene ring substituents is 1. The van der Waals surface area contributed by atoms with E-state index in [0.29, 0.717) is 10.6 Å². The summed E-state index contributed by atoms with van der Waals surface area (Å²) in [5.74, 6) is -0.726. The van der Waals surface area contributed by atoms with Crippen LogP contribution in [0.4, 0.5) is 11.4 Å². The molecular formula is C14H11ClN2O4. The van der Waals surface area contributed by atoms with Crippen molar-refractivity contribution in [3.05, 3.63) is 68.7 Å². The molecule has 2 aromatic carbocycles. The van der Waals surface area contributed by atoms with Gasteiger partial charge in [0, 0.05) is 22.8 Å². The first-order valence-corrected chi connectivity index (χ1v) is 6.30. The second-order valence-corrected chi connectivity index (χ2v) is 4.67. The Balaban J connectivity index is 2.13. The number of ether oxygens (including phenoxy) is 1. The highest BCUT2D eigenvalue weighted by Gasteiger charge is 2.16. The van der Waals surface area contributed by atoms with Crippen LogP contribution in [0.3, 0.4) is 0 Å². The quantitative estimate of drug-likeness (QED) is 0.405. The molecule has 0 heterocycles. The summed E-state index contributed by atoms with van der Waals surface area (Å²) in [7, 11) is 0. The van der Waals surface area contributed by atoms with Gasteiger partial charge in [0.2, 0.25) is 0 Å². The first-order chi connectivity index (χ1) is 9.97. The minimum atomic E-state index is -0.726. The largest absolute Gasteiger partial charge is 0.457 e. The fourth-order valence-corrected chi connectivity index (χ4v) is 1.90. The van der Waals surface area contributed by atoms with E-state index in [0.717, 1.165) is 6.07 Å². The minimum Gasteiger partial charge on any atom is -0.457 e. The van der Waals surface area contributed by atoms with E-state index in [1.165, 1.54) is 12.1 Å². The van der Waals surface area contributed by atoms with Gasteiger partial charge >= 0.3 is 5.97 Å². The van der Waals surface area contributed by atoms with E-state index in [-0.39, 0.29) is 23.5 Å². The topological polar surface area (TPSA) is 95.5 Å². The number of rotatable bonds is 4. The van der Waals surface area contributed by atoms with E-state index in [1.807, 2.05) is 0 Å². The van der Waals surface area contributed by atoms with E-state index < -0.39 is 10.9 Å². The first kappa shape index (κ1) is 14.8. The van der Waals surface area contributed by atoms with Crippen molar-refractivity contribution in [2.75, 3.05) is 5.73 Å². The molecule has 2 rings (SSSR count). The molecule has 108 valence electrons. The van der Waals surface area contributed by atoms with Crippen molar-refractivity contribution < 1.29 is 14.5 Å². The lowest BCUT2D eigenvalue weighted by molar-refractivity contribution is -0.384. The number of hydrogen-bond acceptors (Lipinski definition) is 5. The molecule has 0 saturated carbocycles. The van der Waals surface area contributed by atoms with Gasteiger partial charge in [0.1, 0.15) is 6.61 Å². The van der Waals surface area contributed by atoms with Crippen LogP contribution in [0.25, 0.3) is 0 Å². The lowest BCUT2D eigenvalue weighted by Gasteiger charge is -2.07. The Morgan fingerprint density at radius 1 is 1.29 bits per heavy atom. The second kappa shape index (κ2) is 6.23. The summed E-state index contributed by atoms with van der Waals surface area (Å²) in [6.45, 7) is 0.00151. The summed E-state index contributed by atoms with van der Waals surface area (Å²) < 4.78 is 5.08. The zero-order valence-electron chi connectivity index (χ0n) is 10.8. The minimum absolute atomic E-state index is 0.00151. The lowest BCUT2D eigenvalue weighted by Crippen LogP contribution is -2.09. The maximum absolute atomic E-state index is 11.9. The highest BCUT2D eigenvalue weighted by atomic mass is 35.5. The molecule has 7 heteroatoms. The highest BCUT2D eigenvalue weighted by Crippen LogP contribution is 2.21. The van der Waals surface area contributed by atoms with Crippen molar-refractivity contribution in [3.63, 3.8) is 0 Å². The van der Waals surface area contributed by atoms with Gasteiger partial charge in [-0.3, -0.25) is 10.1 Å². The molecule has 6 nitrogen and oxygen atoms in total. The van der Waals surface area contributed by atoms with Crippen LogP contribution in [0.2, 0.25) is 5.02 Å². The van der Waals surface area contributed by atoms with Crippen molar-refractivity contribution in [2.24, 2.45) is 0 Å². The Bertz CT molecular complexity index is 703. The van der Waals surface area contributed by atoms with Crippen molar-refractivity contribution >= 4 is 28.9 Å². The Hall–Kier alpha value is -2.60. The van der Waals surface area contributed by atoms with Crippen molar-refractivity contribution in [1.29, 1.82) is 0 Å². The van der Waals surface area contributed by atoms with Crippen LogP contribution in [-0.2, 0) is 11.3 Å². The van der Waals surface area contributed by atoms with Gasteiger partial charge in [-0.15, -0.1) is 0 Å². The fraction of sp³-hybridized carbons (Fsp3) is 0.0714. The molecule has 0 radical (unpaired) electrons. The van der Waals surface area contributed by atoms with Crippen LogP contribution in [0.5, 0.6) is 0 Å². The number of halogens is 1. The fourth-order valence-electron chi connectivity index (χ4n) is 1.69. The highest BCUT2D eigenvalue weighted by molar-refractivity contribution is 6.30. The molecule has 21 heavy (non-hydrogen) atoms. The third-order valence-corrected chi connectivity index (χ3v) is 2.96. The summed E-state index contributed by atoms with van der Waals surface area (Å²) >= 11 is 5.82. The van der Waals surface area contributed by atoms with E-state index in [2.05, 4.69) is 0 Å². The average molecular weight is 307 g/mol. The van der Waals surface area contributed by atoms with Crippen LogP contribution >= 0.6 is 11.6 Å². The third kappa shape index (κ3) is 3.70. The van der Waals surface area contributed by atoms with E-state index in [4.69, 9.17) is 22.1 Å². The zero-order chi connectivity index (χ0) is 15.4. The monoisotopic (exact) mass is 306 g/mol. The molecule has 0 aliphatic rings. The number of nitrogens with two attached hydrogens (primary N) is 1. The van der Waals surface area contributed by atoms with Gasteiger partial charge in [-0.1, -0.05) is 23.7 Å². The number of anilines is 1. The van der Waals surface area contributed by atoms with Gasteiger partial charge in [-0.05, 0) is 23.8 Å². The predicted octanol–water partition coefficient (Wildman–Crippen LogP) is 3.19. The summed E-state index contributed by atoms with van der Waals surface area (Å²) in [6, 6.07) is 10.5. The molecule has 0 aliphatic carbocycles. The number of nitro benzene ring substituents is 1. The predicted molar refractivity (Wildman–Crippen MR) is 78.1 cm³/mol. The molecule has 2 N–H and O–H groups in total. The van der Waals surface area contributed by atoms with Crippen molar-refractivity contribution in [3.8, 4) is 0 Å². The number of benzene rings is 2. The first-order valence-electron chi connectivity index (χ1n) is 5.93. The molecule has 0 fully saturated rings. The standard InChI is InChI=1S/C14H11ClN2O4/c15-10-3-1-2-9(6-10)8-21-14(18)12-7-11(17(19)20)4-5-13(12)16/h1-7H,8,16H2. The molecule has 0 aliphatic heterocycles. The Morgan fingerprint density at radius 3 is 2.71 bits per heavy atom. The molecular weight excluding hydrogens is 296 g/mol. The van der Waals surface area contributed by atoms with Gasteiger partial charge in [0.15, 0.2) is 0 Å². The maximum atomic E-state index is 11.9. The Morgan fingerprint density at radius 2 is 2.05 bits per heavy atom. The van der Waals surface area contributed by atoms with Crippen LogP contribution < -0.4 is 5.73 Å². The van der Waals surface area contributed by atoms with E-state index in [9.17, 15) is 14.9 Å². The summed E-state index contributed by atoms with van der Waals surface area (Å²) in [5, 5.41) is 11.2. The van der Waals surface area contributed by atoms with Gasteiger partial charge in [-0.2, -0.15) is 0 Å². The Kier molecular flexibility index (Phi) is 4.39. The van der Waals surface area contributed by atoms with Crippen molar-refractivity contribution in [2.45, 2.75) is 6.61 Å². The number of hydrogen-bond donors (Lipinski definition) is 1. The SMILES string of the molecule is Nc1ccc([N+](=O)[O-])cc1C(=O)OCc1cccc(Cl)c1. The van der Waals surface area contributed by atoms with E-state index >= 15 is 0 Å². The van der Waals surface area contributed by atoms with Gasteiger partial charge in [0.05, 0.1) is 10.5 Å². The smallest absolute Gasteiger partial charge is 0.340 e. The van der Waals surface area contributed by atoms with Crippen LogP contribution in [0.15, 0.2) is 42.5 Å². The average Bonchev–Trinajstić information content (AvgIpc) is 2.45. The maximum Gasteiger partial charge on any atom is 0.340 e. The van der Waals surface area contributed by atoms with Crippen LogP contribution in [-0.4, -0.2) is 10.9 Å². The molecule has 0 saturated heterocycles. The third-order valence-electron chi connectivity index (χ3n) is 2.73. The molecule has 2 aromatic rings. The van der Waals surface area contributed by atoms with Crippen LogP contribution in [0.1, 0.15) is 15.9 Å². The number of nitro groups is 1. The van der Waals surface area contributed by atoms with Gasteiger partial charge in [0.25, 0.3) is 5.69 Å². The molecule has 0 spiro atoms. The number of nitrogens with zero attached hydrogens (tertiary/aromatic N) is 1. The number of nitrogen functional groups attached to an aromatic ring is 1. The lowest BCUT2D eigenvalue weighted by atomic mass is 10.1. The molecule has 0 unspecified atom stereocenters. The van der Waals surface area contributed by atoms with E-state index in [1.54, 1.807) is 24.3 Å². The van der Waals surface area contributed by atoms with Gasteiger partial charge in [-0.25, -0.2) is 4.79 Å². The number of carbonyl (C=O) groups is 1. The summed E-state index contributed by atoms with van der Waals surface area (Å²) in [5.41, 5.74) is 6.21. The van der Waals surface area contributed by atoms with Crippen LogP contribution in [0, 0.1) is 10.1 Å². The molecule has 0 aromatic heterocycles. The molecule has 0 atom stereocenters. The van der Waals surface area contributed by atoms with Gasteiger partial charge < -0.3 is 10.5 Å². The normalized spacial score (nSPS) is 10.1. The number of carbonyl (C=O) groups excluding carboxylic acids is 1. The second-order valence-electron chi connectivity index (χ2n) is 4.23. The summed E-state index contributed by atoms with van der Waals surface area (Å²) in [4.78, 5) is 22.0. The number of esters is 1. The Labute approximate surface area is 125 Å². The van der Waals surface area contributed by atoms with Crippen molar-refractivity contribution in [1.82, 2.24) is 0 Å². The molecule has 0 bridgehead atoms. The molecule has 0 amide bonds. The zero-order valence-corrected chi connectivity index (χ0v) is 11.5. The summed E-state index contributed by atoms with van der Waals surface area (Å²) in [6.07, 6.45) is 0.